The first-order valence-electron chi connectivity index (χ1n) is 7.19. The molecule has 0 aromatic carbocycles. The number of amides is 1. The van der Waals surface area contributed by atoms with Crippen molar-refractivity contribution in [3.8, 4) is 0 Å². The lowest BCUT2D eigenvalue weighted by atomic mass is 9.97. The molecule has 1 amide bonds. The van der Waals surface area contributed by atoms with E-state index in [-0.39, 0.29) is 16.4 Å². The Labute approximate surface area is 134 Å². The molecule has 1 heterocycles. The topological polar surface area (TPSA) is 117 Å². The highest BCUT2D eigenvalue weighted by Gasteiger charge is 2.43. The van der Waals surface area contributed by atoms with Crippen molar-refractivity contribution >= 4 is 21.9 Å². The maximum absolute atomic E-state index is 12.4. The lowest BCUT2D eigenvalue weighted by molar-refractivity contribution is -0.144. The van der Waals surface area contributed by atoms with Crippen molar-refractivity contribution in [2.24, 2.45) is 0 Å². The second-order valence-electron chi connectivity index (χ2n) is 5.87. The van der Waals surface area contributed by atoms with E-state index in [9.17, 15) is 23.1 Å². The average Bonchev–Trinajstić information content (AvgIpc) is 3.06. The quantitative estimate of drug-likeness (QED) is 0.822. The number of carbonyl (C=O) groups is 2. The molecule has 0 aliphatic heterocycles. The van der Waals surface area contributed by atoms with Crippen LogP contribution in [-0.4, -0.2) is 49.3 Å². The predicted molar refractivity (Wildman–Crippen MR) is 80.6 cm³/mol. The molecule has 1 saturated carbocycles. The van der Waals surface area contributed by atoms with E-state index in [2.05, 4.69) is 5.32 Å². The molecule has 0 saturated heterocycles. The van der Waals surface area contributed by atoms with Crippen molar-refractivity contribution in [3.05, 3.63) is 17.4 Å². The Morgan fingerprint density at radius 1 is 1.30 bits per heavy atom. The molecule has 1 aromatic heterocycles. The Kier molecular flexibility index (Phi) is 4.54. The number of carboxylic acids is 1. The van der Waals surface area contributed by atoms with Crippen LogP contribution in [0.25, 0.3) is 0 Å². The standard InChI is InChI=1S/C14H20N2O6S/c1-9-10(8-11(22-9)23(20,21)16(2)3)12(17)15-14(13(18)19)6-4-5-7-14/h8H,4-7H2,1-3H3,(H,15,17)(H,18,19). The maximum Gasteiger partial charge on any atom is 0.329 e. The fourth-order valence-electron chi connectivity index (χ4n) is 2.64. The van der Waals surface area contributed by atoms with Crippen LogP contribution in [0.2, 0.25) is 0 Å². The molecular weight excluding hydrogens is 324 g/mol. The summed E-state index contributed by atoms with van der Waals surface area (Å²) in [7, 11) is -1.10. The van der Waals surface area contributed by atoms with Crippen LogP contribution in [0, 0.1) is 6.92 Å². The summed E-state index contributed by atoms with van der Waals surface area (Å²) in [6.07, 6.45) is 2.15. The van der Waals surface area contributed by atoms with Crippen molar-refractivity contribution < 1.29 is 27.5 Å². The van der Waals surface area contributed by atoms with Gasteiger partial charge < -0.3 is 14.8 Å². The molecule has 0 spiro atoms. The summed E-state index contributed by atoms with van der Waals surface area (Å²) in [4.78, 5) is 23.9. The van der Waals surface area contributed by atoms with Crippen LogP contribution in [-0.2, 0) is 14.8 Å². The number of carbonyl (C=O) groups excluding carboxylic acids is 1. The molecule has 128 valence electrons. The van der Waals surface area contributed by atoms with Gasteiger partial charge in [-0.05, 0) is 19.8 Å². The van der Waals surface area contributed by atoms with Gasteiger partial charge in [0.1, 0.15) is 11.3 Å². The first-order chi connectivity index (χ1) is 10.6. The second kappa shape index (κ2) is 5.97. The predicted octanol–water partition coefficient (Wildman–Crippen LogP) is 0.966. The molecule has 2 N–H and O–H groups in total. The molecule has 0 bridgehead atoms. The van der Waals surface area contributed by atoms with Crippen LogP contribution in [0.5, 0.6) is 0 Å². The summed E-state index contributed by atoms with van der Waals surface area (Å²) in [5.41, 5.74) is -1.26. The summed E-state index contributed by atoms with van der Waals surface area (Å²) in [5, 5.41) is 11.6. The van der Waals surface area contributed by atoms with Gasteiger partial charge in [0.25, 0.3) is 15.9 Å². The van der Waals surface area contributed by atoms with Gasteiger partial charge in [-0.1, -0.05) is 12.8 Å². The van der Waals surface area contributed by atoms with Gasteiger partial charge >= 0.3 is 5.97 Å². The van der Waals surface area contributed by atoms with Gasteiger partial charge in [-0.15, -0.1) is 0 Å². The number of rotatable bonds is 5. The summed E-state index contributed by atoms with van der Waals surface area (Å²) in [5.74, 6) is -1.59. The number of hydrogen-bond acceptors (Lipinski definition) is 5. The highest BCUT2D eigenvalue weighted by Crippen LogP contribution is 2.31. The van der Waals surface area contributed by atoms with Crippen molar-refractivity contribution in [1.82, 2.24) is 9.62 Å². The van der Waals surface area contributed by atoms with E-state index >= 15 is 0 Å². The third-order valence-corrected chi connectivity index (χ3v) is 5.77. The summed E-state index contributed by atoms with van der Waals surface area (Å²) >= 11 is 0. The number of nitrogens with one attached hydrogen (secondary N) is 1. The molecule has 0 unspecified atom stereocenters. The van der Waals surface area contributed by atoms with Crippen LogP contribution in [0.15, 0.2) is 15.6 Å². The Hall–Kier alpha value is -1.87. The number of carboxylic acid groups (broad SMARTS) is 1. The monoisotopic (exact) mass is 344 g/mol. The van der Waals surface area contributed by atoms with Gasteiger partial charge in [-0.3, -0.25) is 4.79 Å². The van der Waals surface area contributed by atoms with E-state index < -0.39 is 27.4 Å². The number of hydrogen-bond donors (Lipinski definition) is 2. The number of sulfonamides is 1. The zero-order chi connectivity index (χ0) is 17.4. The summed E-state index contributed by atoms with van der Waals surface area (Å²) < 4.78 is 30.2. The fraction of sp³-hybridized carbons (Fsp3) is 0.571. The van der Waals surface area contributed by atoms with Crippen molar-refractivity contribution in [1.29, 1.82) is 0 Å². The molecule has 1 aliphatic rings. The Bertz CT molecular complexity index is 728. The fourth-order valence-corrected chi connectivity index (χ4v) is 3.50. The van der Waals surface area contributed by atoms with Gasteiger partial charge in [0, 0.05) is 20.2 Å². The van der Waals surface area contributed by atoms with Crippen LogP contribution in [0.1, 0.15) is 41.8 Å². The minimum Gasteiger partial charge on any atom is -0.480 e. The minimum atomic E-state index is -3.80. The first kappa shape index (κ1) is 17.5. The third-order valence-electron chi connectivity index (χ3n) is 4.09. The molecule has 0 atom stereocenters. The number of aryl methyl sites for hydroxylation is 1. The lowest BCUT2D eigenvalue weighted by Crippen LogP contribution is -2.52. The van der Waals surface area contributed by atoms with E-state index in [1.165, 1.54) is 21.0 Å². The second-order valence-corrected chi connectivity index (χ2v) is 7.95. The van der Waals surface area contributed by atoms with E-state index in [4.69, 9.17) is 4.42 Å². The number of aliphatic carboxylic acids is 1. The normalized spacial score (nSPS) is 17.4. The molecule has 23 heavy (non-hydrogen) atoms. The zero-order valence-electron chi connectivity index (χ0n) is 13.2. The molecule has 9 heteroatoms. The van der Waals surface area contributed by atoms with E-state index in [0.29, 0.717) is 12.8 Å². The van der Waals surface area contributed by atoms with Gasteiger partial charge in [0.05, 0.1) is 5.56 Å². The van der Waals surface area contributed by atoms with E-state index in [0.717, 1.165) is 23.2 Å². The molecule has 1 aliphatic carbocycles. The molecule has 0 radical (unpaired) electrons. The minimum absolute atomic E-state index is 0.0259. The Morgan fingerprint density at radius 2 is 1.87 bits per heavy atom. The van der Waals surface area contributed by atoms with Gasteiger partial charge in [-0.25, -0.2) is 17.5 Å². The van der Waals surface area contributed by atoms with Crippen LogP contribution >= 0.6 is 0 Å². The van der Waals surface area contributed by atoms with Crippen molar-refractivity contribution in [2.75, 3.05) is 14.1 Å². The van der Waals surface area contributed by atoms with Gasteiger partial charge in [0.2, 0.25) is 5.09 Å². The smallest absolute Gasteiger partial charge is 0.329 e. The Balaban J connectivity index is 2.31. The largest absolute Gasteiger partial charge is 0.480 e. The van der Waals surface area contributed by atoms with Crippen LogP contribution in [0.3, 0.4) is 0 Å². The highest BCUT2D eigenvalue weighted by atomic mass is 32.2. The maximum atomic E-state index is 12.4. The number of furan rings is 1. The molecule has 1 aromatic rings. The Morgan fingerprint density at radius 3 is 2.35 bits per heavy atom. The number of nitrogens with zero attached hydrogens (tertiary/aromatic N) is 1. The molecule has 1 fully saturated rings. The van der Waals surface area contributed by atoms with Crippen LogP contribution in [0.4, 0.5) is 0 Å². The summed E-state index contributed by atoms with van der Waals surface area (Å²) in [6.45, 7) is 1.46. The first-order valence-corrected chi connectivity index (χ1v) is 8.63. The average molecular weight is 344 g/mol. The van der Waals surface area contributed by atoms with Crippen molar-refractivity contribution in [2.45, 2.75) is 43.2 Å². The van der Waals surface area contributed by atoms with Crippen LogP contribution < -0.4 is 5.32 Å². The van der Waals surface area contributed by atoms with Gasteiger partial charge in [-0.2, -0.15) is 0 Å². The van der Waals surface area contributed by atoms with E-state index in [1.54, 1.807) is 0 Å². The third kappa shape index (κ3) is 3.11. The summed E-state index contributed by atoms with van der Waals surface area (Å²) in [6, 6.07) is 1.13. The van der Waals surface area contributed by atoms with Crippen molar-refractivity contribution in [3.63, 3.8) is 0 Å². The zero-order valence-corrected chi connectivity index (χ0v) is 14.1. The molecular formula is C14H20N2O6S. The lowest BCUT2D eigenvalue weighted by Gasteiger charge is -2.25. The SMILES string of the molecule is Cc1oc(S(=O)(=O)N(C)C)cc1C(=O)NC1(C(=O)O)CCCC1. The molecule has 8 nitrogen and oxygen atoms in total. The van der Waals surface area contributed by atoms with E-state index in [1.807, 2.05) is 0 Å². The molecule has 2 rings (SSSR count). The highest BCUT2D eigenvalue weighted by molar-refractivity contribution is 7.88. The van der Waals surface area contributed by atoms with Gasteiger partial charge in [0.15, 0.2) is 0 Å².